The summed E-state index contributed by atoms with van der Waals surface area (Å²) in [4.78, 5) is 23.0. The molecule has 0 bridgehead atoms. The van der Waals surface area contributed by atoms with Crippen LogP contribution in [0.25, 0.3) is 0 Å². The van der Waals surface area contributed by atoms with Gasteiger partial charge in [-0.3, -0.25) is 9.59 Å². The predicted octanol–water partition coefficient (Wildman–Crippen LogP) is -1.11. The Kier molecular flexibility index (Phi) is 2.06. The Hall–Kier alpha value is -1.10. The molecule has 0 aromatic heterocycles. The minimum atomic E-state index is -0.911. The number of nitrogens with one attached hydrogen (secondary N) is 1. The van der Waals surface area contributed by atoms with Gasteiger partial charge in [0.05, 0.1) is 13.1 Å². The number of rotatable bonds is 2. The van der Waals surface area contributed by atoms with Crippen LogP contribution in [0, 0.1) is 0 Å². The Morgan fingerprint density at radius 3 is 2.25 bits per heavy atom. The normalized spacial score (nSPS) is 20.0. The number of likely N-dealkylation sites (N-methyl/N-ethyl adjacent to an activating group) is 1. The summed E-state index contributed by atoms with van der Waals surface area (Å²) in [5, 5.41) is 11.5. The average molecular weight is 172 g/mol. The minimum absolute atomic E-state index is 0.0814. The number of carbonyl (C=O) groups is 2. The van der Waals surface area contributed by atoms with E-state index in [0.29, 0.717) is 0 Å². The Bertz CT molecular complexity index is 221. The van der Waals surface area contributed by atoms with Crippen LogP contribution < -0.4 is 5.32 Å². The lowest BCUT2D eigenvalue weighted by Crippen LogP contribution is -2.73. The summed E-state index contributed by atoms with van der Waals surface area (Å²) in [5.41, 5.74) is -0.911. The van der Waals surface area contributed by atoms with E-state index >= 15 is 0 Å². The van der Waals surface area contributed by atoms with Gasteiger partial charge < -0.3 is 15.3 Å². The Labute approximate surface area is 70.4 Å². The van der Waals surface area contributed by atoms with Crippen LogP contribution in [0.1, 0.15) is 6.92 Å². The van der Waals surface area contributed by atoms with E-state index in [1.165, 1.54) is 11.8 Å². The van der Waals surface area contributed by atoms with Crippen LogP contribution in [0.2, 0.25) is 0 Å². The molecule has 0 aromatic rings. The van der Waals surface area contributed by atoms with Gasteiger partial charge in [-0.05, 0) is 7.05 Å². The zero-order valence-electron chi connectivity index (χ0n) is 7.13. The van der Waals surface area contributed by atoms with Gasteiger partial charge in [-0.15, -0.1) is 0 Å². The summed E-state index contributed by atoms with van der Waals surface area (Å²) in [6.45, 7) is 1.95. The van der Waals surface area contributed by atoms with E-state index in [0.717, 1.165) is 0 Å². The fourth-order valence-electron chi connectivity index (χ4n) is 1.23. The first-order valence-corrected chi connectivity index (χ1v) is 3.70. The number of carboxylic acids is 1. The molecule has 1 rings (SSSR count). The lowest BCUT2D eigenvalue weighted by atomic mass is 9.90. The van der Waals surface area contributed by atoms with E-state index in [2.05, 4.69) is 5.32 Å². The van der Waals surface area contributed by atoms with Crippen LogP contribution in [-0.4, -0.2) is 47.6 Å². The maximum Gasteiger partial charge on any atom is 0.327 e. The molecule has 1 amide bonds. The highest BCUT2D eigenvalue weighted by molar-refractivity contribution is 5.85. The van der Waals surface area contributed by atoms with Crippen LogP contribution in [0.4, 0.5) is 0 Å². The van der Waals surface area contributed by atoms with Crippen molar-refractivity contribution in [1.29, 1.82) is 0 Å². The van der Waals surface area contributed by atoms with Gasteiger partial charge in [0.25, 0.3) is 0 Å². The number of amides is 1. The van der Waals surface area contributed by atoms with E-state index in [1.54, 1.807) is 7.05 Å². The predicted molar refractivity (Wildman–Crippen MR) is 41.7 cm³/mol. The van der Waals surface area contributed by atoms with Crippen LogP contribution in [-0.2, 0) is 9.59 Å². The number of aliphatic carboxylic acids is 1. The second-order valence-electron chi connectivity index (χ2n) is 3.01. The lowest BCUT2D eigenvalue weighted by molar-refractivity contribution is -0.157. The first-order valence-electron chi connectivity index (χ1n) is 3.70. The first kappa shape index (κ1) is 8.99. The van der Waals surface area contributed by atoms with E-state index in [9.17, 15) is 9.59 Å². The molecular weight excluding hydrogens is 160 g/mol. The number of hydrogen-bond acceptors (Lipinski definition) is 3. The van der Waals surface area contributed by atoms with Crippen molar-refractivity contribution in [3.05, 3.63) is 0 Å². The number of hydrogen-bond donors (Lipinski definition) is 2. The Morgan fingerprint density at radius 1 is 1.50 bits per heavy atom. The van der Waals surface area contributed by atoms with Crippen molar-refractivity contribution in [2.75, 3.05) is 20.1 Å². The summed E-state index contributed by atoms with van der Waals surface area (Å²) in [7, 11) is 1.59. The fraction of sp³-hybridized carbons (Fsp3) is 0.714. The second-order valence-corrected chi connectivity index (χ2v) is 3.01. The average Bonchev–Trinajstić information content (AvgIpc) is 1.84. The summed E-state index contributed by atoms with van der Waals surface area (Å²) in [6, 6.07) is 0. The molecule has 5 nitrogen and oxygen atoms in total. The number of likely N-dealkylation sites (tertiary alicyclic amines) is 1. The van der Waals surface area contributed by atoms with Crippen molar-refractivity contribution in [2.45, 2.75) is 12.5 Å². The van der Waals surface area contributed by atoms with Crippen LogP contribution in [0.3, 0.4) is 0 Å². The van der Waals surface area contributed by atoms with Gasteiger partial charge in [0.2, 0.25) is 5.91 Å². The molecule has 1 fully saturated rings. The third-order valence-electron chi connectivity index (χ3n) is 2.25. The van der Waals surface area contributed by atoms with E-state index in [-0.39, 0.29) is 19.0 Å². The highest BCUT2D eigenvalue weighted by atomic mass is 16.4. The molecule has 68 valence electrons. The molecule has 1 aliphatic rings. The second kappa shape index (κ2) is 2.75. The lowest BCUT2D eigenvalue weighted by Gasteiger charge is -2.46. The molecule has 1 heterocycles. The Morgan fingerprint density at radius 2 is 2.00 bits per heavy atom. The van der Waals surface area contributed by atoms with Crippen LogP contribution in [0.5, 0.6) is 0 Å². The third-order valence-corrected chi connectivity index (χ3v) is 2.25. The van der Waals surface area contributed by atoms with Gasteiger partial charge in [-0.25, -0.2) is 0 Å². The van der Waals surface area contributed by atoms with E-state index in [1.807, 2.05) is 0 Å². The van der Waals surface area contributed by atoms with Crippen molar-refractivity contribution in [2.24, 2.45) is 0 Å². The maximum absolute atomic E-state index is 10.8. The molecule has 0 spiro atoms. The number of nitrogens with zero attached hydrogens (tertiary/aromatic N) is 1. The maximum atomic E-state index is 10.8. The fourth-order valence-corrected chi connectivity index (χ4v) is 1.23. The zero-order valence-corrected chi connectivity index (χ0v) is 7.13. The molecule has 0 unspecified atom stereocenters. The summed E-state index contributed by atoms with van der Waals surface area (Å²) in [5.74, 6) is -0.982. The van der Waals surface area contributed by atoms with Crippen LogP contribution >= 0.6 is 0 Å². The van der Waals surface area contributed by atoms with Gasteiger partial charge in [0.1, 0.15) is 0 Å². The standard InChI is InChI=1S/C7H12N2O3/c1-5(10)9-3-7(4-9,8-2)6(11)12/h8H,3-4H2,1-2H3,(H,11,12). The SMILES string of the molecule is CNC1(C(=O)O)CN(C(C)=O)C1. The molecular formula is C7H12N2O3. The zero-order chi connectivity index (χ0) is 9.35. The Balaban J connectivity index is 2.58. The molecule has 2 N–H and O–H groups in total. The van der Waals surface area contributed by atoms with Gasteiger partial charge in [0.15, 0.2) is 5.54 Å². The summed E-state index contributed by atoms with van der Waals surface area (Å²) < 4.78 is 0. The summed E-state index contributed by atoms with van der Waals surface area (Å²) >= 11 is 0. The smallest absolute Gasteiger partial charge is 0.327 e. The molecule has 1 saturated heterocycles. The van der Waals surface area contributed by atoms with Gasteiger partial charge in [0, 0.05) is 6.92 Å². The quantitative estimate of drug-likeness (QED) is 0.554. The molecule has 0 aliphatic carbocycles. The molecule has 1 aliphatic heterocycles. The molecule has 5 heteroatoms. The van der Waals surface area contributed by atoms with Crippen molar-refractivity contribution in [3.8, 4) is 0 Å². The molecule has 0 saturated carbocycles. The van der Waals surface area contributed by atoms with Crippen molar-refractivity contribution in [1.82, 2.24) is 10.2 Å². The van der Waals surface area contributed by atoms with Crippen molar-refractivity contribution in [3.63, 3.8) is 0 Å². The van der Waals surface area contributed by atoms with E-state index < -0.39 is 11.5 Å². The minimum Gasteiger partial charge on any atom is -0.480 e. The van der Waals surface area contributed by atoms with Gasteiger partial charge in [-0.2, -0.15) is 0 Å². The molecule has 0 atom stereocenters. The number of carbonyl (C=O) groups excluding carboxylic acids is 1. The van der Waals surface area contributed by atoms with Gasteiger partial charge >= 0.3 is 5.97 Å². The topological polar surface area (TPSA) is 69.6 Å². The van der Waals surface area contributed by atoms with Crippen LogP contribution in [0.15, 0.2) is 0 Å². The third kappa shape index (κ3) is 1.16. The largest absolute Gasteiger partial charge is 0.480 e. The van der Waals surface area contributed by atoms with Crippen molar-refractivity contribution < 1.29 is 14.7 Å². The first-order chi connectivity index (χ1) is 5.52. The van der Waals surface area contributed by atoms with Gasteiger partial charge in [-0.1, -0.05) is 0 Å². The highest BCUT2D eigenvalue weighted by Gasteiger charge is 2.49. The monoisotopic (exact) mass is 172 g/mol. The van der Waals surface area contributed by atoms with Crippen molar-refractivity contribution >= 4 is 11.9 Å². The highest BCUT2D eigenvalue weighted by Crippen LogP contribution is 2.20. The molecule has 0 aromatic carbocycles. The van der Waals surface area contributed by atoms with E-state index in [4.69, 9.17) is 5.11 Å². The summed E-state index contributed by atoms with van der Waals surface area (Å²) in [6.07, 6.45) is 0. The number of carboxylic acid groups (broad SMARTS) is 1. The molecule has 0 radical (unpaired) electrons. The molecule has 12 heavy (non-hydrogen) atoms.